The van der Waals surface area contributed by atoms with Crippen molar-refractivity contribution in [3.63, 3.8) is 0 Å². The van der Waals surface area contributed by atoms with Crippen LogP contribution in [0.15, 0.2) is 42.6 Å². The zero-order valence-electron chi connectivity index (χ0n) is 15.9. The summed E-state index contributed by atoms with van der Waals surface area (Å²) in [5.41, 5.74) is 4.07. The van der Waals surface area contributed by atoms with E-state index in [1.165, 1.54) is 0 Å². The van der Waals surface area contributed by atoms with Gasteiger partial charge in [0.2, 0.25) is 6.41 Å². The van der Waals surface area contributed by atoms with Crippen LogP contribution < -0.4 is 5.32 Å². The maximum Gasteiger partial charge on any atom is 0.209 e. The van der Waals surface area contributed by atoms with Gasteiger partial charge in [0.05, 0.1) is 13.2 Å². The van der Waals surface area contributed by atoms with Crippen molar-refractivity contribution in [2.24, 2.45) is 0 Å². The second-order valence-electron chi connectivity index (χ2n) is 7.11. The summed E-state index contributed by atoms with van der Waals surface area (Å²) >= 11 is 6.27. The molecule has 0 radical (unpaired) electrons. The fraction of sp³-hybridized carbons (Fsp3) is 0.273. The number of carbonyl (C=O) groups excluding carboxylic acids is 1. The van der Waals surface area contributed by atoms with Gasteiger partial charge in [-0.25, -0.2) is 4.98 Å². The summed E-state index contributed by atoms with van der Waals surface area (Å²) in [6.07, 6.45) is 2.56. The van der Waals surface area contributed by atoms with Gasteiger partial charge in [-0.1, -0.05) is 35.9 Å². The lowest BCUT2D eigenvalue weighted by atomic mass is 9.97. The van der Waals surface area contributed by atoms with Gasteiger partial charge in [-0.15, -0.1) is 0 Å². The van der Waals surface area contributed by atoms with E-state index in [0.29, 0.717) is 24.7 Å². The van der Waals surface area contributed by atoms with Crippen LogP contribution >= 0.6 is 11.6 Å². The highest BCUT2D eigenvalue weighted by Crippen LogP contribution is 2.35. The van der Waals surface area contributed by atoms with Crippen molar-refractivity contribution in [3.8, 4) is 0 Å². The summed E-state index contributed by atoms with van der Waals surface area (Å²) in [5, 5.41) is 6.23. The summed E-state index contributed by atoms with van der Waals surface area (Å²) in [6.45, 7) is 5.75. The molecule has 3 aromatic rings. The van der Waals surface area contributed by atoms with Gasteiger partial charge in [0.1, 0.15) is 11.9 Å². The van der Waals surface area contributed by atoms with Crippen LogP contribution in [0.4, 0.5) is 11.5 Å². The Labute approximate surface area is 169 Å². The molecule has 1 aromatic heterocycles. The number of nitrogens with zero attached hydrogens (tertiary/aromatic N) is 2. The maximum atomic E-state index is 11.2. The number of hydrogen-bond acceptors (Lipinski definition) is 4. The Balaban J connectivity index is 1.77. The first-order chi connectivity index (χ1) is 13.6. The zero-order valence-corrected chi connectivity index (χ0v) is 16.7. The Hall–Kier alpha value is -2.63. The second-order valence-corrected chi connectivity index (χ2v) is 7.52. The number of rotatable bonds is 4. The summed E-state index contributed by atoms with van der Waals surface area (Å²) in [7, 11) is 0. The number of aromatic nitrogens is 1. The van der Waals surface area contributed by atoms with Crippen LogP contribution in [0, 0.1) is 13.8 Å². The van der Waals surface area contributed by atoms with E-state index in [1.807, 2.05) is 37.4 Å². The molecule has 1 aliphatic heterocycles. The molecule has 144 valence electrons. The van der Waals surface area contributed by atoms with E-state index >= 15 is 0 Å². The third-order valence-corrected chi connectivity index (χ3v) is 5.58. The molecule has 1 unspecified atom stereocenters. The van der Waals surface area contributed by atoms with E-state index in [0.717, 1.165) is 45.4 Å². The number of ether oxygens (including phenoxy) is 1. The molecule has 0 saturated carbocycles. The highest BCUT2D eigenvalue weighted by atomic mass is 35.5. The number of pyridine rings is 1. The number of anilines is 2. The lowest BCUT2D eigenvalue weighted by Crippen LogP contribution is -2.37. The van der Waals surface area contributed by atoms with Crippen LogP contribution in [-0.4, -0.2) is 36.0 Å². The average molecular weight is 396 g/mol. The molecule has 28 heavy (non-hydrogen) atoms. The van der Waals surface area contributed by atoms with E-state index in [4.69, 9.17) is 16.3 Å². The molecule has 1 saturated heterocycles. The largest absolute Gasteiger partial charge is 0.370 e. The van der Waals surface area contributed by atoms with Crippen molar-refractivity contribution < 1.29 is 9.53 Å². The highest BCUT2D eigenvalue weighted by molar-refractivity contribution is 6.31. The Kier molecular flexibility index (Phi) is 5.20. The quantitative estimate of drug-likeness (QED) is 0.646. The number of carbonyl (C=O) groups is 1. The van der Waals surface area contributed by atoms with Crippen LogP contribution in [0.2, 0.25) is 5.02 Å². The molecule has 2 heterocycles. The first-order valence-corrected chi connectivity index (χ1v) is 9.67. The van der Waals surface area contributed by atoms with E-state index in [-0.39, 0.29) is 6.10 Å². The summed E-state index contributed by atoms with van der Waals surface area (Å²) < 4.78 is 5.97. The number of morpholine rings is 1. The minimum absolute atomic E-state index is 0.182. The number of benzene rings is 2. The first-order valence-electron chi connectivity index (χ1n) is 9.29. The lowest BCUT2D eigenvalue weighted by Gasteiger charge is -2.31. The summed E-state index contributed by atoms with van der Waals surface area (Å²) in [4.78, 5) is 17.6. The van der Waals surface area contributed by atoms with Crippen molar-refractivity contribution in [1.29, 1.82) is 0 Å². The number of hydrogen-bond donors (Lipinski definition) is 1. The van der Waals surface area contributed by atoms with Gasteiger partial charge >= 0.3 is 0 Å². The molecular weight excluding hydrogens is 374 g/mol. The second kappa shape index (κ2) is 7.78. The van der Waals surface area contributed by atoms with Crippen LogP contribution in [-0.2, 0) is 9.53 Å². The Morgan fingerprint density at radius 2 is 2.11 bits per heavy atom. The van der Waals surface area contributed by atoms with Gasteiger partial charge in [0.25, 0.3) is 0 Å². The number of aryl methyl sites for hydroxylation is 2. The molecule has 0 spiro atoms. The summed E-state index contributed by atoms with van der Waals surface area (Å²) in [6, 6.07) is 12.0. The minimum atomic E-state index is -0.182. The smallest absolute Gasteiger partial charge is 0.209 e. The predicted molar refractivity (Wildman–Crippen MR) is 112 cm³/mol. The van der Waals surface area contributed by atoms with Gasteiger partial charge in [-0.2, -0.15) is 0 Å². The molecule has 1 atom stereocenters. The van der Waals surface area contributed by atoms with Gasteiger partial charge in [0.15, 0.2) is 0 Å². The topological polar surface area (TPSA) is 54.5 Å². The standard InChI is InChI=1S/C22H22ClN3O2/c1-14-6-7-16(10-19(14)23)25-22-17-5-3-4-15(2)21(17)18(11-24-22)20-12-26(13-27)8-9-28-20/h3-7,10-11,13,20H,8-9,12H2,1-2H3,(H,24,25). The van der Waals surface area contributed by atoms with Gasteiger partial charge in [0, 0.05) is 34.4 Å². The van der Waals surface area contributed by atoms with Gasteiger partial charge < -0.3 is 15.0 Å². The number of halogens is 1. The zero-order chi connectivity index (χ0) is 19.7. The average Bonchev–Trinajstić information content (AvgIpc) is 2.71. The Morgan fingerprint density at radius 3 is 2.89 bits per heavy atom. The molecule has 1 amide bonds. The van der Waals surface area contributed by atoms with Crippen molar-refractivity contribution in [3.05, 3.63) is 64.3 Å². The lowest BCUT2D eigenvalue weighted by molar-refractivity contribution is -0.125. The molecule has 2 aromatic carbocycles. The third kappa shape index (κ3) is 3.55. The first kappa shape index (κ1) is 18.7. The van der Waals surface area contributed by atoms with Crippen molar-refractivity contribution in [1.82, 2.24) is 9.88 Å². The molecule has 6 heteroatoms. The molecule has 1 fully saturated rings. The summed E-state index contributed by atoms with van der Waals surface area (Å²) in [5.74, 6) is 0.769. The maximum absolute atomic E-state index is 11.2. The fourth-order valence-corrected chi connectivity index (χ4v) is 3.80. The highest BCUT2D eigenvalue weighted by Gasteiger charge is 2.24. The van der Waals surface area contributed by atoms with E-state index in [9.17, 15) is 4.79 Å². The predicted octanol–water partition coefficient (Wildman–Crippen LogP) is 4.78. The molecule has 0 aliphatic carbocycles. The van der Waals surface area contributed by atoms with Crippen LogP contribution in [0.5, 0.6) is 0 Å². The number of amides is 1. The van der Waals surface area contributed by atoms with Crippen molar-refractivity contribution >= 4 is 40.3 Å². The van der Waals surface area contributed by atoms with E-state index < -0.39 is 0 Å². The normalized spacial score (nSPS) is 17.0. The number of nitrogens with one attached hydrogen (secondary N) is 1. The Morgan fingerprint density at radius 1 is 1.25 bits per heavy atom. The van der Waals surface area contributed by atoms with Gasteiger partial charge in [-0.3, -0.25) is 4.79 Å². The monoisotopic (exact) mass is 395 g/mol. The molecule has 5 nitrogen and oxygen atoms in total. The van der Waals surface area contributed by atoms with Crippen LogP contribution in [0.25, 0.3) is 10.8 Å². The van der Waals surface area contributed by atoms with E-state index in [1.54, 1.807) is 4.90 Å². The van der Waals surface area contributed by atoms with Crippen LogP contribution in [0.1, 0.15) is 22.8 Å². The molecule has 1 aliphatic rings. The van der Waals surface area contributed by atoms with Crippen molar-refractivity contribution in [2.45, 2.75) is 20.0 Å². The number of fused-ring (bicyclic) bond motifs is 1. The van der Waals surface area contributed by atoms with Crippen molar-refractivity contribution in [2.75, 3.05) is 25.0 Å². The van der Waals surface area contributed by atoms with E-state index in [2.05, 4.69) is 29.4 Å². The van der Waals surface area contributed by atoms with Gasteiger partial charge in [-0.05, 0) is 42.5 Å². The van der Waals surface area contributed by atoms with Crippen LogP contribution in [0.3, 0.4) is 0 Å². The SMILES string of the molecule is Cc1ccc(Nc2ncc(C3CN(C=O)CCO3)c3c(C)cccc23)cc1Cl. The molecule has 4 rings (SSSR count). The molecule has 0 bridgehead atoms. The fourth-order valence-electron chi connectivity index (χ4n) is 3.62. The Bertz CT molecular complexity index is 1040. The third-order valence-electron chi connectivity index (χ3n) is 5.18. The molecule has 1 N–H and O–H groups in total. The molecular formula is C22H22ClN3O2. The minimum Gasteiger partial charge on any atom is -0.370 e.